The molecule has 2 aromatic carbocycles. The minimum atomic E-state index is 0.0684. The van der Waals surface area contributed by atoms with Crippen molar-refractivity contribution in [2.75, 3.05) is 0 Å². The van der Waals surface area contributed by atoms with Crippen molar-refractivity contribution in [1.82, 2.24) is 0 Å². The molecule has 0 radical (unpaired) electrons. The van der Waals surface area contributed by atoms with E-state index in [2.05, 4.69) is 6.58 Å². The van der Waals surface area contributed by atoms with Gasteiger partial charge in [-0.2, -0.15) is 0 Å². The summed E-state index contributed by atoms with van der Waals surface area (Å²) in [6.45, 7) is 5.26. The first-order valence-corrected chi connectivity index (χ1v) is 5.07. The van der Waals surface area contributed by atoms with E-state index in [9.17, 15) is 4.79 Å². The molecule has 2 aromatic rings. The molecule has 0 amide bonds. The van der Waals surface area contributed by atoms with Crippen molar-refractivity contribution >= 4 is 22.3 Å². The highest BCUT2D eigenvalue weighted by atomic mass is 16.1. The molecule has 0 atom stereocenters. The van der Waals surface area contributed by atoms with Gasteiger partial charge in [-0.1, -0.05) is 30.8 Å². The van der Waals surface area contributed by atoms with Gasteiger partial charge in [-0.05, 0) is 35.4 Å². The van der Waals surface area contributed by atoms with Gasteiger partial charge in [-0.15, -0.1) is 0 Å². The van der Waals surface area contributed by atoms with Gasteiger partial charge in [0.1, 0.15) is 0 Å². The lowest BCUT2D eigenvalue weighted by atomic mass is 10.0. The summed E-state index contributed by atoms with van der Waals surface area (Å²) < 4.78 is 0. The summed E-state index contributed by atoms with van der Waals surface area (Å²) in [7, 11) is 0. The van der Waals surface area contributed by atoms with Crippen LogP contribution in [-0.2, 0) is 0 Å². The van der Waals surface area contributed by atoms with Gasteiger partial charge in [0.25, 0.3) is 0 Å². The molecule has 0 bridgehead atoms. The molecule has 0 aliphatic heterocycles. The Morgan fingerprint density at radius 3 is 2.19 bits per heavy atom. The van der Waals surface area contributed by atoms with E-state index in [0.717, 1.165) is 16.3 Å². The quantitative estimate of drug-likeness (QED) is 0.776. The molecular formula is C14H13NO. The molecule has 0 saturated heterocycles. The number of carbonyl (C=O) groups is 1. The van der Waals surface area contributed by atoms with Gasteiger partial charge in [-0.25, -0.2) is 0 Å². The first-order valence-electron chi connectivity index (χ1n) is 5.07. The monoisotopic (exact) mass is 211 g/mol. The zero-order valence-corrected chi connectivity index (χ0v) is 9.16. The minimum absolute atomic E-state index is 0.0684. The van der Waals surface area contributed by atoms with Crippen LogP contribution in [0.1, 0.15) is 22.8 Å². The fourth-order valence-electron chi connectivity index (χ4n) is 1.67. The Morgan fingerprint density at radius 2 is 1.62 bits per heavy atom. The van der Waals surface area contributed by atoms with Crippen LogP contribution in [0.25, 0.3) is 16.5 Å². The van der Waals surface area contributed by atoms with E-state index < -0.39 is 0 Å². The fourth-order valence-corrected chi connectivity index (χ4v) is 1.67. The molecule has 16 heavy (non-hydrogen) atoms. The summed E-state index contributed by atoms with van der Waals surface area (Å²) >= 11 is 0. The van der Waals surface area contributed by atoms with E-state index >= 15 is 0 Å². The number of benzene rings is 2. The summed E-state index contributed by atoms with van der Waals surface area (Å²) in [5.41, 5.74) is 7.79. The van der Waals surface area contributed by atoms with E-state index in [-0.39, 0.29) is 5.78 Å². The Balaban J connectivity index is 2.65. The molecule has 2 nitrogen and oxygen atoms in total. The van der Waals surface area contributed by atoms with Crippen LogP contribution in [0, 0.1) is 0 Å². The van der Waals surface area contributed by atoms with E-state index in [1.165, 1.54) is 0 Å². The summed E-state index contributed by atoms with van der Waals surface area (Å²) in [6.07, 6.45) is 0. The normalized spacial score (nSPS) is 10.3. The molecular weight excluding hydrogens is 198 g/mol. The molecule has 2 rings (SSSR count). The van der Waals surface area contributed by atoms with Gasteiger partial charge in [0.15, 0.2) is 5.78 Å². The van der Waals surface area contributed by atoms with Crippen LogP contribution in [0.4, 0.5) is 0 Å². The van der Waals surface area contributed by atoms with Gasteiger partial charge in [0.05, 0.1) is 0 Å². The topological polar surface area (TPSA) is 43.1 Å². The highest BCUT2D eigenvalue weighted by Crippen LogP contribution is 2.20. The number of carbonyl (C=O) groups excluding carboxylic acids is 1. The maximum atomic E-state index is 11.3. The van der Waals surface area contributed by atoms with Crippen LogP contribution < -0.4 is 5.73 Å². The summed E-state index contributed by atoms with van der Waals surface area (Å²) in [6, 6.07) is 11.5. The van der Waals surface area contributed by atoms with Crippen molar-refractivity contribution in [2.24, 2.45) is 5.73 Å². The number of hydrogen-bond donors (Lipinski definition) is 1. The molecule has 0 aromatic heterocycles. The van der Waals surface area contributed by atoms with Gasteiger partial charge in [-0.3, -0.25) is 4.79 Å². The fraction of sp³-hybridized carbons (Fsp3) is 0.0714. The number of Topliss-reactive ketones (excluding diaryl/α,β-unsaturated/α-hetero) is 1. The standard InChI is InChI=1S/C14H13NO/c1-9(15)12-5-3-11-4-6-13(10(2)16)8-14(11)7-12/h3-8H,1,15H2,2H3. The number of rotatable bonds is 2. The lowest BCUT2D eigenvalue weighted by Gasteiger charge is -2.04. The molecule has 0 aliphatic rings. The van der Waals surface area contributed by atoms with Crippen LogP contribution in [0.15, 0.2) is 43.0 Å². The molecule has 0 aliphatic carbocycles. The van der Waals surface area contributed by atoms with Crippen LogP contribution in [0.5, 0.6) is 0 Å². The molecule has 80 valence electrons. The first kappa shape index (κ1) is 10.4. The molecule has 0 heterocycles. The second kappa shape index (κ2) is 3.81. The Hall–Kier alpha value is -2.09. The van der Waals surface area contributed by atoms with Crippen molar-refractivity contribution in [3.63, 3.8) is 0 Å². The predicted molar refractivity (Wildman–Crippen MR) is 67.2 cm³/mol. The third kappa shape index (κ3) is 1.82. The molecule has 0 saturated carbocycles. The summed E-state index contributed by atoms with van der Waals surface area (Å²) in [5, 5.41) is 2.10. The highest BCUT2D eigenvalue weighted by Gasteiger charge is 2.02. The Kier molecular flexibility index (Phi) is 2.49. The van der Waals surface area contributed by atoms with E-state index in [1.807, 2.05) is 36.4 Å². The molecule has 0 fully saturated rings. The van der Waals surface area contributed by atoms with Crippen molar-refractivity contribution in [3.05, 3.63) is 54.1 Å². The second-order valence-corrected chi connectivity index (χ2v) is 3.86. The zero-order valence-electron chi connectivity index (χ0n) is 9.16. The van der Waals surface area contributed by atoms with Crippen LogP contribution >= 0.6 is 0 Å². The average molecular weight is 211 g/mol. The maximum absolute atomic E-state index is 11.3. The second-order valence-electron chi connectivity index (χ2n) is 3.86. The molecule has 0 unspecified atom stereocenters. The van der Waals surface area contributed by atoms with Crippen LogP contribution in [0.3, 0.4) is 0 Å². The van der Waals surface area contributed by atoms with Crippen LogP contribution in [0.2, 0.25) is 0 Å². The first-order chi connectivity index (χ1) is 7.58. The number of fused-ring (bicyclic) bond motifs is 1. The molecule has 2 N–H and O–H groups in total. The predicted octanol–water partition coefficient (Wildman–Crippen LogP) is 2.97. The Morgan fingerprint density at radius 1 is 1.06 bits per heavy atom. The Bertz CT molecular complexity index is 536. The minimum Gasteiger partial charge on any atom is -0.399 e. The third-order valence-corrected chi connectivity index (χ3v) is 2.62. The lowest BCUT2D eigenvalue weighted by Crippen LogP contribution is -1.94. The number of ketones is 1. The summed E-state index contributed by atoms with van der Waals surface area (Å²) in [4.78, 5) is 11.3. The van der Waals surface area contributed by atoms with E-state index in [4.69, 9.17) is 5.73 Å². The van der Waals surface area contributed by atoms with Crippen molar-refractivity contribution < 1.29 is 4.79 Å². The maximum Gasteiger partial charge on any atom is 0.159 e. The van der Waals surface area contributed by atoms with Crippen LogP contribution in [-0.4, -0.2) is 5.78 Å². The largest absolute Gasteiger partial charge is 0.399 e. The van der Waals surface area contributed by atoms with Crippen molar-refractivity contribution in [1.29, 1.82) is 0 Å². The van der Waals surface area contributed by atoms with Gasteiger partial charge >= 0.3 is 0 Å². The smallest absolute Gasteiger partial charge is 0.159 e. The molecule has 2 heteroatoms. The third-order valence-electron chi connectivity index (χ3n) is 2.62. The summed E-state index contributed by atoms with van der Waals surface area (Å²) in [5.74, 6) is 0.0684. The lowest BCUT2D eigenvalue weighted by molar-refractivity contribution is 0.101. The van der Waals surface area contributed by atoms with Crippen molar-refractivity contribution in [3.8, 4) is 0 Å². The molecule has 0 spiro atoms. The SMILES string of the molecule is C=C(N)c1ccc2ccc(C(C)=O)cc2c1. The Labute approximate surface area is 94.4 Å². The number of hydrogen-bond acceptors (Lipinski definition) is 2. The average Bonchev–Trinajstić information content (AvgIpc) is 2.27. The van der Waals surface area contributed by atoms with E-state index in [1.54, 1.807) is 6.92 Å². The number of nitrogens with two attached hydrogens (primary N) is 1. The van der Waals surface area contributed by atoms with E-state index in [0.29, 0.717) is 11.3 Å². The highest BCUT2D eigenvalue weighted by molar-refractivity contribution is 5.98. The zero-order chi connectivity index (χ0) is 11.7. The van der Waals surface area contributed by atoms with Crippen molar-refractivity contribution in [2.45, 2.75) is 6.92 Å². The van der Waals surface area contributed by atoms with Gasteiger partial charge < -0.3 is 5.73 Å². The van der Waals surface area contributed by atoms with Gasteiger partial charge in [0, 0.05) is 11.3 Å². The van der Waals surface area contributed by atoms with Gasteiger partial charge in [0.2, 0.25) is 0 Å².